The molecule has 7 nitrogen and oxygen atoms in total. The van der Waals surface area contributed by atoms with Gasteiger partial charge in [-0.25, -0.2) is 9.97 Å². The van der Waals surface area contributed by atoms with Gasteiger partial charge in [0.15, 0.2) is 6.29 Å². The van der Waals surface area contributed by atoms with E-state index in [4.69, 9.17) is 9.47 Å². The molecule has 1 aliphatic carbocycles. The summed E-state index contributed by atoms with van der Waals surface area (Å²) in [4.78, 5) is 22.6. The fourth-order valence-corrected chi connectivity index (χ4v) is 4.48. The molecule has 3 aromatic rings. The first-order valence-corrected chi connectivity index (χ1v) is 12.1. The SMILES string of the molecule is CCOc1ccc(-c2cc(C=O)c3ccccc3n2)cn1.CNC1CC(CN2CCOCC2)C1. The van der Waals surface area contributed by atoms with Crippen LogP contribution < -0.4 is 10.1 Å². The molecule has 0 spiro atoms. The summed E-state index contributed by atoms with van der Waals surface area (Å²) in [5.74, 6) is 1.52. The Morgan fingerprint density at radius 2 is 1.97 bits per heavy atom. The lowest BCUT2D eigenvalue weighted by molar-refractivity contribution is 0.0206. The first kappa shape index (κ1) is 24.3. The van der Waals surface area contributed by atoms with Gasteiger partial charge in [-0.15, -0.1) is 0 Å². The third-order valence-electron chi connectivity index (χ3n) is 6.46. The molecule has 5 rings (SSSR count). The molecular weight excluding hydrogens is 428 g/mol. The van der Waals surface area contributed by atoms with Crippen molar-refractivity contribution < 1.29 is 14.3 Å². The monoisotopic (exact) mass is 462 g/mol. The van der Waals surface area contributed by atoms with Gasteiger partial charge in [0.25, 0.3) is 0 Å². The zero-order valence-corrected chi connectivity index (χ0v) is 20.1. The predicted molar refractivity (Wildman–Crippen MR) is 134 cm³/mol. The number of rotatable bonds is 7. The molecule has 7 heteroatoms. The summed E-state index contributed by atoms with van der Waals surface area (Å²) < 4.78 is 10.6. The van der Waals surface area contributed by atoms with Crippen molar-refractivity contribution in [2.24, 2.45) is 5.92 Å². The number of benzene rings is 1. The van der Waals surface area contributed by atoms with Crippen LogP contribution in [0, 0.1) is 5.92 Å². The fraction of sp³-hybridized carbons (Fsp3) is 0.444. The highest BCUT2D eigenvalue weighted by Gasteiger charge is 2.29. The van der Waals surface area contributed by atoms with E-state index in [2.05, 4.69) is 27.2 Å². The molecule has 1 saturated heterocycles. The Hall–Kier alpha value is -2.87. The Balaban J connectivity index is 0.000000180. The molecule has 1 aliphatic heterocycles. The maximum absolute atomic E-state index is 11.3. The number of para-hydroxylation sites is 1. The van der Waals surface area contributed by atoms with Crippen LogP contribution in [-0.4, -0.2) is 73.7 Å². The highest BCUT2D eigenvalue weighted by molar-refractivity contribution is 5.98. The largest absolute Gasteiger partial charge is 0.478 e. The molecule has 0 bridgehead atoms. The molecule has 0 unspecified atom stereocenters. The van der Waals surface area contributed by atoms with Gasteiger partial charge in [-0.05, 0) is 50.9 Å². The van der Waals surface area contributed by atoms with Gasteiger partial charge in [0.2, 0.25) is 5.88 Å². The van der Waals surface area contributed by atoms with Crippen LogP contribution in [0.3, 0.4) is 0 Å². The molecular formula is C27H34N4O3. The summed E-state index contributed by atoms with van der Waals surface area (Å²) in [5.41, 5.74) is 3.01. The van der Waals surface area contributed by atoms with Gasteiger partial charge in [0.05, 0.1) is 31.0 Å². The molecule has 2 aliphatic rings. The normalized spacial score (nSPS) is 20.2. The van der Waals surface area contributed by atoms with E-state index in [1.165, 1.54) is 19.4 Å². The van der Waals surface area contributed by atoms with Gasteiger partial charge >= 0.3 is 0 Å². The third kappa shape index (κ3) is 6.17. The Morgan fingerprint density at radius 3 is 2.65 bits per heavy atom. The van der Waals surface area contributed by atoms with Gasteiger partial charge in [-0.3, -0.25) is 9.69 Å². The Bertz CT molecular complexity index is 1060. The van der Waals surface area contributed by atoms with Crippen LogP contribution in [0.2, 0.25) is 0 Å². The van der Waals surface area contributed by atoms with Crippen LogP contribution in [0.5, 0.6) is 5.88 Å². The molecule has 0 radical (unpaired) electrons. The number of pyridine rings is 2. The topological polar surface area (TPSA) is 76.6 Å². The lowest BCUT2D eigenvalue weighted by Gasteiger charge is -2.39. The van der Waals surface area contributed by atoms with E-state index in [0.717, 1.165) is 66.7 Å². The third-order valence-corrected chi connectivity index (χ3v) is 6.46. The standard InChI is InChI=1S/C17H14N2O2.C10H20N2O/c1-2-21-17-8-7-12(10-18-17)16-9-13(11-20)14-5-3-4-6-15(14)19-16;1-11-10-6-9(7-10)8-12-2-4-13-5-3-12/h3-11H,2H2,1H3;9-11H,2-8H2,1H3. The van der Waals surface area contributed by atoms with Crippen molar-refractivity contribution in [3.05, 3.63) is 54.2 Å². The molecule has 1 saturated carbocycles. The average Bonchev–Trinajstić information content (AvgIpc) is 2.87. The Labute approximate surface area is 201 Å². The number of carbonyl (C=O) groups excluding carboxylic acids is 1. The Kier molecular flexibility index (Phi) is 8.57. The van der Waals surface area contributed by atoms with Crippen LogP contribution in [0.1, 0.15) is 30.1 Å². The predicted octanol–water partition coefficient (Wildman–Crippen LogP) is 3.82. The summed E-state index contributed by atoms with van der Waals surface area (Å²) in [6, 6.07) is 13.9. The first-order chi connectivity index (χ1) is 16.7. The number of morpholine rings is 1. The number of aldehydes is 1. The summed E-state index contributed by atoms with van der Waals surface area (Å²) in [7, 11) is 2.07. The van der Waals surface area contributed by atoms with Gasteiger partial charge in [-0.2, -0.15) is 0 Å². The Morgan fingerprint density at radius 1 is 1.18 bits per heavy atom. The van der Waals surface area contributed by atoms with Crippen molar-refractivity contribution in [3.63, 3.8) is 0 Å². The molecule has 0 amide bonds. The highest BCUT2D eigenvalue weighted by Crippen LogP contribution is 2.28. The van der Waals surface area contributed by atoms with E-state index in [1.807, 2.05) is 37.3 Å². The summed E-state index contributed by atoms with van der Waals surface area (Å²) in [6.07, 6.45) is 5.30. The van der Waals surface area contributed by atoms with E-state index in [0.29, 0.717) is 18.1 Å². The average molecular weight is 463 g/mol. The fourth-order valence-electron chi connectivity index (χ4n) is 4.48. The zero-order chi connectivity index (χ0) is 23.8. The minimum atomic E-state index is 0.579. The van der Waals surface area contributed by atoms with Gasteiger partial charge in [0.1, 0.15) is 0 Å². The first-order valence-electron chi connectivity index (χ1n) is 12.1. The van der Waals surface area contributed by atoms with Crippen LogP contribution in [0.15, 0.2) is 48.7 Å². The second-order valence-corrected chi connectivity index (χ2v) is 8.79. The lowest BCUT2D eigenvalue weighted by Crippen LogP contribution is -2.46. The molecule has 0 atom stereocenters. The zero-order valence-electron chi connectivity index (χ0n) is 20.1. The molecule has 2 aromatic heterocycles. The van der Waals surface area contributed by atoms with Gasteiger partial charge in [-0.1, -0.05) is 18.2 Å². The number of carbonyl (C=O) groups is 1. The van der Waals surface area contributed by atoms with E-state index in [9.17, 15) is 4.79 Å². The number of fused-ring (bicyclic) bond motifs is 1. The number of hydrogen-bond acceptors (Lipinski definition) is 7. The van der Waals surface area contributed by atoms with Crippen molar-refractivity contribution in [2.45, 2.75) is 25.8 Å². The molecule has 3 heterocycles. The maximum atomic E-state index is 11.3. The number of ether oxygens (including phenoxy) is 2. The minimum Gasteiger partial charge on any atom is -0.478 e. The smallest absolute Gasteiger partial charge is 0.213 e. The quantitative estimate of drug-likeness (QED) is 0.535. The van der Waals surface area contributed by atoms with Crippen molar-refractivity contribution in [3.8, 4) is 17.1 Å². The van der Waals surface area contributed by atoms with Crippen molar-refractivity contribution >= 4 is 17.2 Å². The molecule has 34 heavy (non-hydrogen) atoms. The molecule has 180 valence electrons. The van der Waals surface area contributed by atoms with Gasteiger partial charge < -0.3 is 14.8 Å². The second-order valence-electron chi connectivity index (χ2n) is 8.79. The summed E-state index contributed by atoms with van der Waals surface area (Å²) in [5, 5.41) is 4.18. The van der Waals surface area contributed by atoms with Crippen molar-refractivity contribution in [2.75, 3.05) is 46.5 Å². The van der Waals surface area contributed by atoms with Crippen molar-refractivity contribution in [1.82, 2.24) is 20.2 Å². The number of nitrogens with zero attached hydrogens (tertiary/aromatic N) is 3. The maximum Gasteiger partial charge on any atom is 0.213 e. The second kappa shape index (κ2) is 12.0. The lowest BCUT2D eigenvalue weighted by atomic mass is 9.80. The van der Waals surface area contributed by atoms with Crippen LogP contribution in [-0.2, 0) is 4.74 Å². The minimum absolute atomic E-state index is 0.579. The summed E-state index contributed by atoms with van der Waals surface area (Å²) in [6.45, 7) is 7.93. The summed E-state index contributed by atoms with van der Waals surface area (Å²) >= 11 is 0. The molecule has 1 N–H and O–H groups in total. The van der Waals surface area contributed by atoms with E-state index < -0.39 is 0 Å². The molecule has 2 fully saturated rings. The van der Waals surface area contributed by atoms with E-state index >= 15 is 0 Å². The van der Waals surface area contributed by atoms with Crippen LogP contribution >= 0.6 is 0 Å². The number of hydrogen-bond donors (Lipinski definition) is 1. The van der Waals surface area contributed by atoms with E-state index in [1.54, 1.807) is 18.3 Å². The van der Waals surface area contributed by atoms with Crippen molar-refractivity contribution in [1.29, 1.82) is 0 Å². The molecule has 1 aromatic carbocycles. The van der Waals surface area contributed by atoms with E-state index in [-0.39, 0.29) is 0 Å². The number of aromatic nitrogens is 2. The highest BCUT2D eigenvalue weighted by atomic mass is 16.5. The van der Waals surface area contributed by atoms with Crippen LogP contribution in [0.25, 0.3) is 22.2 Å². The van der Waals surface area contributed by atoms with Gasteiger partial charge in [0, 0.05) is 54.5 Å². The van der Waals surface area contributed by atoms with Crippen LogP contribution in [0.4, 0.5) is 0 Å². The number of nitrogens with one attached hydrogen (secondary N) is 1.